The average molecular weight is 261 g/mol. The molecule has 1 amide bonds. The van der Waals surface area contributed by atoms with Crippen LogP contribution < -0.4 is 5.32 Å². The van der Waals surface area contributed by atoms with E-state index >= 15 is 0 Å². The van der Waals surface area contributed by atoms with Crippen molar-refractivity contribution in [1.29, 1.82) is 0 Å². The summed E-state index contributed by atoms with van der Waals surface area (Å²) < 4.78 is 1.59. The fourth-order valence-corrected chi connectivity index (χ4v) is 1.70. The summed E-state index contributed by atoms with van der Waals surface area (Å²) in [5.74, 6) is -1.77. The first kappa shape index (κ1) is 13.1. The third-order valence-corrected chi connectivity index (χ3v) is 2.87. The highest BCUT2D eigenvalue weighted by atomic mass is 16.4. The van der Waals surface area contributed by atoms with Gasteiger partial charge in [-0.05, 0) is 6.07 Å². The molecule has 0 unspecified atom stereocenters. The summed E-state index contributed by atoms with van der Waals surface area (Å²) in [5.41, 5.74) is 0.879. The van der Waals surface area contributed by atoms with Crippen LogP contribution in [0.5, 0.6) is 0 Å². The number of amides is 1. The molecule has 2 aromatic rings. The van der Waals surface area contributed by atoms with Gasteiger partial charge in [-0.25, -0.2) is 0 Å². The molecule has 0 spiro atoms. The maximum atomic E-state index is 11.7. The number of carbonyl (C=O) groups excluding carboxylic acids is 1. The van der Waals surface area contributed by atoms with Gasteiger partial charge in [0.15, 0.2) is 0 Å². The Labute approximate surface area is 110 Å². The van der Waals surface area contributed by atoms with E-state index in [1.54, 1.807) is 17.8 Å². The molecule has 0 aliphatic carbocycles. The zero-order valence-corrected chi connectivity index (χ0v) is 10.5. The van der Waals surface area contributed by atoms with Crippen LogP contribution in [-0.4, -0.2) is 33.3 Å². The molecule has 0 saturated carbocycles. The number of hydrogen-bond acceptors (Lipinski definition) is 3. The number of carboxylic acid groups (broad SMARTS) is 1. The molecule has 1 heterocycles. The molecule has 0 fully saturated rings. The van der Waals surface area contributed by atoms with E-state index in [2.05, 4.69) is 10.4 Å². The van der Waals surface area contributed by atoms with Gasteiger partial charge in [0.25, 0.3) is 0 Å². The number of fused-ring (bicyclic) bond motifs is 1. The Kier molecular flexibility index (Phi) is 3.79. The molecule has 0 aliphatic heterocycles. The summed E-state index contributed by atoms with van der Waals surface area (Å²) >= 11 is 0. The number of nitrogens with one attached hydrogen (secondary N) is 1. The van der Waals surface area contributed by atoms with Gasteiger partial charge in [0.05, 0.1) is 17.6 Å². The largest absolute Gasteiger partial charge is 0.481 e. The first-order valence-corrected chi connectivity index (χ1v) is 5.98. The normalized spacial score (nSPS) is 12.3. The van der Waals surface area contributed by atoms with Gasteiger partial charge >= 0.3 is 5.97 Å². The number of para-hydroxylation sites is 1. The van der Waals surface area contributed by atoms with Crippen LogP contribution in [0, 0.1) is 5.92 Å². The predicted octanol–water partition coefficient (Wildman–Crippen LogP) is 0.873. The quantitative estimate of drug-likeness (QED) is 0.836. The highest BCUT2D eigenvalue weighted by Crippen LogP contribution is 2.12. The molecule has 6 nitrogen and oxygen atoms in total. The average Bonchev–Trinajstić information content (AvgIpc) is 2.79. The molecule has 2 N–H and O–H groups in total. The molecule has 0 radical (unpaired) electrons. The van der Waals surface area contributed by atoms with Gasteiger partial charge in [0.2, 0.25) is 5.91 Å². The van der Waals surface area contributed by atoms with Crippen molar-refractivity contribution in [1.82, 2.24) is 15.1 Å². The maximum Gasteiger partial charge on any atom is 0.308 e. The zero-order valence-electron chi connectivity index (χ0n) is 10.5. The van der Waals surface area contributed by atoms with Gasteiger partial charge in [-0.15, -0.1) is 0 Å². The summed E-state index contributed by atoms with van der Waals surface area (Å²) in [6.45, 7) is 1.75. The van der Waals surface area contributed by atoms with Crippen LogP contribution in [0.4, 0.5) is 0 Å². The number of carbonyl (C=O) groups is 2. The second kappa shape index (κ2) is 5.51. The Morgan fingerprint density at radius 2 is 2.16 bits per heavy atom. The Morgan fingerprint density at radius 3 is 2.89 bits per heavy atom. The summed E-state index contributed by atoms with van der Waals surface area (Å²) in [5, 5.41) is 16.4. The van der Waals surface area contributed by atoms with Gasteiger partial charge in [0.1, 0.15) is 6.54 Å². The van der Waals surface area contributed by atoms with E-state index in [1.807, 2.05) is 24.3 Å². The standard InChI is InChI=1S/C13H15N3O3/c1-9(13(18)19)6-14-12(17)8-16-11-5-3-2-4-10(11)7-15-16/h2-5,7,9H,6,8H2,1H3,(H,14,17)(H,18,19)/t9-/m1/s1. The molecule has 0 saturated heterocycles. The molecule has 1 aromatic carbocycles. The smallest absolute Gasteiger partial charge is 0.308 e. The number of carboxylic acids is 1. The van der Waals surface area contributed by atoms with Crippen LogP contribution in [-0.2, 0) is 16.1 Å². The van der Waals surface area contributed by atoms with Gasteiger partial charge in [-0.3, -0.25) is 14.3 Å². The monoisotopic (exact) mass is 261 g/mol. The Bertz CT molecular complexity index is 606. The number of aromatic nitrogens is 2. The number of aliphatic carboxylic acids is 1. The van der Waals surface area contributed by atoms with Crippen molar-refractivity contribution in [2.45, 2.75) is 13.5 Å². The molecular weight excluding hydrogens is 246 g/mol. The van der Waals surface area contributed by atoms with E-state index in [1.165, 1.54) is 0 Å². The molecule has 1 atom stereocenters. The predicted molar refractivity (Wildman–Crippen MR) is 69.5 cm³/mol. The molecule has 0 bridgehead atoms. The molecule has 19 heavy (non-hydrogen) atoms. The number of hydrogen-bond donors (Lipinski definition) is 2. The van der Waals surface area contributed by atoms with Crippen molar-refractivity contribution in [2.75, 3.05) is 6.54 Å². The Hall–Kier alpha value is -2.37. The molecule has 100 valence electrons. The van der Waals surface area contributed by atoms with Crippen LogP contribution in [0.1, 0.15) is 6.92 Å². The third-order valence-electron chi connectivity index (χ3n) is 2.87. The molecule has 2 rings (SSSR count). The minimum Gasteiger partial charge on any atom is -0.481 e. The van der Waals surface area contributed by atoms with Gasteiger partial charge in [0, 0.05) is 11.9 Å². The fraction of sp³-hybridized carbons (Fsp3) is 0.308. The van der Waals surface area contributed by atoms with Crippen LogP contribution in [0.2, 0.25) is 0 Å². The third kappa shape index (κ3) is 3.09. The van der Waals surface area contributed by atoms with Gasteiger partial charge < -0.3 is 10.4 Å². The lowest BCUT2D eigenvalue weighted by molar-refractivity contribution is -0.141. The first-order valence-electron chi connectivity index (χ1n) is 5.98. The van der Waals surface area contributed by atoms with Crippen molar-refractivity contribution in [3.8, 4) is 0 Å². The van der Waals surface area contributed by atoms with Crippen molar-refractivity contribution in [2.24, 2.45) is 5.92 Å². The van der Waals surface area contributed by atoms with Crippen LogP contribution in [0.25, 0.3) is 10.9 Å². The minimum atomic E-state index is -0.926. The first-order chi connectivity index (χ1) is 9.08. The van der Waals surface area contributed by atoms with Crippen LogP contribution >= 0.6 is 0 Å². The van der Waals surface area contributed by atoms with E-state index in [0.717, 1.165) is 10.9 Å². The molecule has 0 aliphatic rings. The van der Waals surface area contributed by atoms with Crippen molar-refractivity contribution in [3.05, 3.63) is 30.5 Å². The van der Waals surface area contributed by atoms with Crippen molar-refractivity contribution >= 4 is 22.8 Å². The molecule has 1 aromatic heterocycles. The summed E-state index contributed by atoms with van der Waals surface area (Å²) in [4.78, 5) is 22.4. The van der Waals surface area contributed by atoms with Crippen LogP contribution in [0.3, 0.4) is 0 Å². The summed E-state index contributed by atoms with van der Waals surface area (Å²) in [6, 6.07) is 7.59. The minimum absolute atomic E-state index is 0.0832. The lowest BCUT2D eigenvalue weighted by atomic mass is 10.2. The van der Waals surface area contributed by atoms with Crippen LogP contribution in [0.15, 0.2) is 30.5 Å². The Morgan fingerprint density at radius 1 is 1.42 bits per heavy atom. The summed E-state index contributed by atoms with van der Waals surface area (Å²) in [6.07, 6.45) is 1.70. The SMILES string of the molecule is C[C@H](CNC(=O)Cn1ncc2ccccc21)C(=O)O. The van der Waals surface area contributed by atoms with Gasteiger partial charge in [-0.1, -0.05) is 25.1 Å². The fourth-order valence-electron chi connectivity index (χ4n) is 1.70. The number of benzene rings is 1. The lowest BCUT2D eigenvalue weighted by Crippen LogP contribution is -2.33. The number of nitrogens with zero attached hydrogens (tertiary/aromatic N) is 2. The Balaban J connectivity index is 1.97. The highest BCUT2D eigenvalue weighted by Gasteiger charge is 2.13. The second-order valence-corrected chi connectivity index (χ2v) is 4.40. The highest BCUT2D eigenvalue weighted by molar-refractivity contribution is 5.82. The topological polar surface area (TPSA) is 84.2 Å². The van der Waals surface area contributed by atoms with E-state index in [-0.39, 0.29) is 19.0 Å². The maximum absolute atomic E-state index is 11.7. The zero-order chi connectivity index (χ0) is 13.8. The van der Waals surface area contributed by atoms with E-state index in [9.17, 15) is 9.59 Å². The van der Waals surface area contributed by atoms with Gasteiger partial charge in [-0.2, -0.15) is 5.10 Å². The summed E-state index contributed by atoms with van der Waals surface area (Å²) in [7, 11) is 0. The van der Waals surface area contributed by atoms with E-state index < -0.39 is 11.9 Å². The second-order valence-electron chi connectivity index (χ2n) is 4.40. The molecule has 6 heteroatoms. The molecular formula is C13H15N3O3. The van der Waals surface area contributed by atoms with E-state index in [0.29, 0.717) is 0 Å². The number of rotatable bonds is 5. The van der Waals surface area contributed by atoms with Crippen molar-refractivity contribution in [3.63, 3.8) is 0 Å². The van der Waals surface area contributed by atoms with Crippen molar-refractivity contribution < 1.29 is 14.7 Å². The van der Waals surface area contributed by atoms with E-state index in [4.69, 9.17) is 5.11 Å². The lowest BCUT2D eigenvalue weighted by Gasteiger charge is -2.08.